The first kappa shape index (κ1) is 27.6. The minimum Gasteiger partial charge on any atom is -0.390 e. The van der Waals surface area contributed by atoms with E-state index >= 15 is 0 Å². The van der Waals surface area contributed by atoms with Crippen LogP contribution in [-0.2, 0) is 16.1 Å². The van der Waals surface area contributed by atoms with Gasteiger partial charge in [0.05, 0.1) is 6.10 Å². The van der Waals surface area contributed by atoms with Crippen LogP contribution < -0.4 is 10.6 Å². The molecule has 2 atom stereocenters. The molecule has 8 nitrogen and oxygen atoms in total. The fourth-order valence-corrected chi connectivity index (χ4v) is 6.40. The Morgan fingerprint density at radius 2 is 1.78 bits per heavy atom. The van der Waals surface area contributed by atoms with Gasteiger partial charge in [0.1, 0.15) is 11.6 Å². The first-order chi connectivity index (χ1) is 17.9. The van der Waals surface area contributed by atoms with Crippen molar-refractivity contribution in [2.75, 3.05) is 26.7 Å². The number of likely N-dealkylation sites (tertiary alicyclic amines) is 1. The summed E-state index contributed by atoms with van der Waals surface area (Å²) in [5, 5.41) is 16.8. The number of rotatable bonds is 9. The number of piperazine rings is 1. The number of hydrogen-bond donors (Lipinski definition) is 3. The van der Waals surface area contributed by atoms with E-state index in [9.17, 15) is 19.5 Å². The number of nitrogens with zero attached hydrogens (tertiary/aromatic N) is 2. The van der Waals surface area contributed by atoms with Gasteiger partial charge in [-0.05, 0) is 55.7 Å². The molecule has 1 spiro atoms. The van der Waals surface area contributed by atoms with Gasteiger partial charge < -0.3 is 20.6 Å². The van der Waals surface area contributed by atoms with Crippen molar-refractivity contribution in [3.05, 3.63) is 35.4 Å². The van der Waals surface area contributed by atoms with E-state index in [0.717, 1.165) is 57.1 Å². The monoisotopic (exact) mass is 512 g/mol. The number of benzene rings is 1. The van der Waals surface area contributed by atoms with Crippen LogP contribution in [0.3, 0.4) is 0 Å². The maximum atomic E-state index is 13.8. The van der Waals surface area contributed by atoms with Crippen molar-refractivity contribution in [1.82, 2.24) is 20.4 Å². The number of aliphatic hydroxyl groups is 1. The van der Waals surface area contributed by atoms with E-state index in [1.165, 1.54) is 6.42 Å². The molecule has 0 unspecified atom stereocenters. The Morgan fingerprint density at radius 1 is 1.11 bits per heavy atom. The van der Waals surface area contributed by atoms with Crippen molar-refractivity contribution in [1.29, 1.82) is 0 Å². The molecule has 1 saturated carbocycles. The molecule has 3 aliphatic rings. The van der Waals surface area contributed by atoms with Gasteiger partial charge in [-0.3, -0.25) is 19.3 Å². The second-order valence-corrected chi connectivity index (χ2v) is 11.1. The van der Waals surface area contributed by atoms with Gasteiger partial charge in [0.2, 0.25) is 11.8 Å². The van der Waals surface area contributed by atoms with Crippen LogP contribution in [0.1, 0.15) is 87.1 Å². The lowest BCUT2D eigenvalue weighted by atomic mass is 9.78. The molecule has 1 aromatic rings. The van der Waals surface area contributed by atoms with Crippen molar-refractivity contribution in [2.45, 2.75) is 95.4 Å². The van der Waals surface area contributed by atoms with E-state index in [-0.39, 0.29) is 23.6 Å². The van der Waals surface area contributed by atoms with Gasteiger partial charge in [0.15, 0.2) is 0 Å². The molecule has 2 aliphatic heterocycles. The number of hydrogen-bond acceptors (Lipinski definition) is 5. The van der Waals surface area contributed by atoms with Crippen molar-refractivity contribution < 1.29 is 19.5 Å². The molecule has 1 aromatic carbocycles. The second kappa shape index (κ2) is 12.4. The van der Waals surface area contributed by atoms with Gasteiger partial charge in [0.25, 0.3) is 5.91 Å². The SMILES string of the molecule is CCCCCN1C(=O)[C@@H]([C@H](O)C2CCCCC2)NC(=O)C12CCN(Cc1ccc(C(=O)NC)cc1)CC2. The molecule has 3 fully saturated rings. The first-order valence-electron chi connectivity index (χ1n) is 14.2. The number of nitrogens with one attached hydrogen (secondary N) is 2. The summed E-state index contributed by atoms with van der Waals surface area (Å²) < 4.78 is 0. The van der Waals surface area contributed by atoms with Gasteiger partial charge in [-0.2, -0.15) is 0 Å². The molecule has 0 bridgehead atoms. The predicted molar refractivity (Wildman–Crippen MR) is 143 cm³/mol. The molecule has 0 radical (unpaired) electrons. The highest BCUT2D eigenvalue weighted by atomic mass is 16.3. The minimum absolute atomic E-state index is 0.0752. The molecule has 2 saturated heterocycles. The van der Waals surface area contributed by atoms with Gasteiger partial charge in [-0.1, -0.05) is 51.2 Å². The summed E-state index contributed by atoms with van der Waals surface area (Å²) in [5.41, 5.74) is 0.907. The van der Waals surface area contributed by atoms with Crippen LogP contribution in [0.5, 0.6) is 0 Å². The first-order valence-corrected chi connectivity index (χ1v) is 14.2. The number of carbonyl (C=O) groups excluding carboxylic acids is 3. The highest BCUT2D eigenvalue weighted by Gasteiger charge is 2.55. The minimum atomic E-state index is -0.840. The number of amides is 3. The Morgan fingerprint density at radius 3 is 2.41 bits per heavy atom. The van der Waals surface area contributed by atoms with E-state index < -0.39 is 17.7 Å². The van der Waals surface area contributed by atoms with Crippen LogP contribution in [0.2, 0.25) is 0 Å². The van der Waals surface area contributed by atoms with Crippen LogP contribution in [0, 0.1) is 5.92 Å². The van der Waals surface area contributed by atoms with Crippen LogP contribution in [-0.4, -0.2) is 77.0 Å². The Hall–Kier alpha value is -2.45. The second-order valence-electron chi connectivity index (χ2n) is 11.1. The Labute approximate surface area is 221 Å². The predicted octanol–water partition coefficient (Wildman–Crippen LogP) is 2.84. The van der Waals surface area contributed by atoms with Crippen LogP contribution in [0.25, 0.3) is 0 Å². The average molecular weight is 513 g/mol. The van der Waals surface area contributed by atoms with Gasteiger partial charge in [0, 0.05) is 38.8 Å². The molecule has 1 aliphatic carbocycles. The standard InChI is InChI=1S/C29H44N4O4/c1-3-4-8-17-33-27(36)24(25(34)22-9-6-5-7-10-22)31-28(37)29(33)15-18-32(19-16-29)20-21-11-13-23(14-12-21)26(35)30-2/h11-14,22,24-25,34H,3-10,15-20H2,1-2H3,(H,30,35)(H,31,37)/t24-,25-/m1/s1. The topological polar surface area (TPSA) is 102 Å². The Balaban J connectivity index is 1.44. The van der Waals surface area contributed by atoms with Crippen molar-refractivity contribution >= 4 is 17.7 Å². The molecule has 3 N–H and O–H groups in total. The van der Waals surface area contributed by atoms with E-state index in [4.69, 9.17) is 0 Å². The van der Waals surface area contributed by atoms with E-state index in [1.807, 2.05) is 29.2 Å². The summed E-state index contributed by atoms with van der Waals surface area (Å²) >= 11 is 0. The van der Waals surface area contributed by atoms with Crippen molar-refractivity contribution in [3.8, 4) is 0 Å². The zero-order chi connectivity index (χ0) is 26.4. The molecule has 37 heavy (non-hydrogen) atoms. The van der Waals surface area contributed by atoms with Crippen LogP contribution in [0.15, 0.2) is 24.3 Å². The van der Waals surface area contributed by atoms with E-state index in [0.29, 0.717) is 38.0 Å². The lowest BCUT2D eigenvalue weighted by molar-refractivity contribution is -0.166. The molecular formula is C29H44N4O4. The van der Waals surface area contributed by atoms with Crippen LogP contribution in [0.4, 0.5) is 0 Å². The number of piperidine rings is 1. The molecule has 2 heterocycles. The maximum Gasteiger partial charge on any atom is 0.251 e. The summed E-state index contributed by atoms with van der Waals surface area (Å²) in [6.07, 6.45) is 8.43. The summed E-state index contributed by atoms with van der Waals surface area (Å²) in [5.74, 6) is -0.231. The average Bonchev–Trinajstić information content (AvgIpc) is 2.94. The molecule has 3 amide bonds. The zero-order valence-electron chi connectivity index (χ0n) is 22.5. The zero-order valence-corrected chi connectivity index (χ0v) is 22.5. The summed E-state index contributed by atoms with van der Waals surface area (Å²) in [6.45, 7) is 4.85. The number of carbonyl (C=O) groups is 3. The van der Waals surface area contributed by atoms with Gasteiger partial charge >= 0.3 is 0 Å². The van der Waals surface area contributed by atoms with Crippen molar-refractivity contribution in [3.63, 3.8) is 0 Å². The Bertz CT molecular complexity index is 936. The highest BCUT2D eigenvalue weighted by Crippen LogP contribution is 2.36. The van der Waals surface area contributed by atoms with E-state index in [2.05, 4.69) is 22.5 Å². The largest absolute Gasteiger partial charge is 0.390 e. The van der Waals surface area contributed by atoms with Crippen LogP contribution >= 0.6 is 0 Å². The highest BCUT2D eigenvalue weighted by molar-refractivity contribution is 6.00. The summed E-state index contributed by atoms with van der Waals surface area (Å²) in [7, 11) is 1.62. The molecule has 4 rings (SSSR count). The van der Waals surface area contributed by atoms with Crippen molar-refractivity contribution in [2.24, 2.45) is 5.92 Å². The number of aliphatic hydroxyl groups excluding tert-OH is 1. The maximum absolute atomic E-state index is 13.8. The molecule has 0 aromatic heterocycles. The summed E-state index contributed by atoms with van der Waals surface area (Å²) in [6, 6.07) is 6.78. The molecule has 8 heteroatoms. The van der Waals surface area contributed by atoms with Gasteiger partial charge in [-0.25, -0.2) is 0 Å². The van der Waals surface area contributed by atoms with Gasteiger partial charge in [-0.15, -0.1) is 0 Å². The molecule has 204 valence electrons. The third-order valence-electron chi connectivity index (χ3n) is 8.75. The quantitative estimate of drug-likeness (QED) is 0.442. The Kier molecular flexibility index (Phi) is 9.24. The third kappa shape index (κ3) is 6.01. The number of unbranched alkanes of at least 4 members (excludes halogenated alkanes) is 2. The van der Waals surface area contributed by atoms with E-state index in [1.54, 1.807) is 7.05 Å². The lowest BCUT2D eigenvalue weighted by Gasteiger charge is -2.52. The normalized spacial score (nSPS) is 23.6. The fraction of sp³-hybridized carbons (Fsp3) is 0.690. The smallest absolute Gasteiger partial charge is 0.251 e. The fourth-order valence-electron chi connectivity index (χ4n) is 6.40. The third-order valence-corrected chi connectivity index (χ3v) is 8.75. The summed E-state index contributed by atoms with van der Waals surface area (Å²) in [4.78, 5) is 43.5. The molecular weight excluding hydrogens is 468 g/mol. The lowest BCUT2D eigenvalue weighted by Crippen LogP contribution is -2.75.